The Kier molecular flexibility index (Phi) is 10.2. The van der Waals surface area contributed by atoms with Gasteiger partial charge in [-0.25, -0.2) is 0 Å². The third kappa shape index (κ3) is 7.01. The number of benzene rings is 2. The predicted molar refractivity (Wildman–Crippen MR) is 164 cm³/mol. The molecule has 4 rings (SSSR count). The minimum Gasteiger partial charge on any atom is -0.0871 e. The van der Waals surface area contributed by atoms with E-state index in [1.54, 1.807) is 22.3 Å². The lowest BCUT2D eigenvalue weighted by molar-refractivity contribution is 0.509. The van der Waals surface area contributed by atoms with Crippen molar-refractivity contribution in [1.82, 2.24) is 0 Å². The monoisotopic (exact) mass is 488 g/mol. The molecule has 0 amide bonds. The summed E-state index contributed by atoms with van der Waals surface area (Å²) in [5.74, 6) is 1.08. The van der Waals surface area contributed by atoms with E-state index in [1.165, 1.54) is 55.2 Å². The first-order valence-corrected chi connectivity index (χ1v) is 14.5. The molecule has 2 unspecified atom stereocenters. The zero-order valence-corrected chi connectivity index (χ0v) is 23.1. The van der Waals surface area contributed by atoms with Crippen molar-refractivity contribution in [2.24, 2.45) is 5.92 Å². The van der Waals surface area contributed by atoms with E-state index in [2.05, 4.69) is 124 Å². The molecule has 2 aliphatic carbocycles. The average molecular weight is 489 g/mol. The molecule has 0 N–H and O–H groups in total. The molecule has 2 atom stereocenters. The lowest BCUT2D eigenvalue weighted by Crippen LogP contribution is -2.15. The molecule has 2 aromatic carbocycles. The maximum atomic E-state index is 2.49. The summed E-state index contributed by atoms with van der Waals surface area (Å²) < 4.78 is 0. The molecule has 0 bridgehead atoms. The second-order valence-corrected chi connectivity index (χ2v) is 10.5. The van der Waals surface area contributed by atoms with Crippen LogP contribution in [0.5, 0.6) is 0 Å². The summed E-state index contributed by atoms with van der Waals surface area (Å²) in [6.45, 7) is 6.70. The maximum Gasteiger partial charge on any atom is 0.00896 e. The Bertz CT molecular complexity index is 1210. The van der Waals surface area contributed by atoms with Gasteiger partial charge in [-0.2, -0.15) is 0 Å². The van der Waals surface area contributed by atoms with Crippen LogP contribution in [0, 0.1) is 5.92 Å². The molecule has 0 nitrogen and oxygen atoms in total. The summed E-state index contributed by atoms with van der Waals surface area (Å²) in [6.07, 6.45) is 32.3. The molecule has 2 aliphatic rings. The van der Waals surface area contributed by atoms with Crippen LogP contribution in [0.15, 0.2) is 102 Å². The van der Waals surface area contributed by atoms with Gasteiger partial charge in [-0.3, -0.25) is 0 Å². The zero-order chi connectivity index (χ0) is 25.9. The van der Waals surface area contributed by atoms with E-state index in [0.717, 1.165) is 12.8 Å². The predicted octanol–water partition coefficient (Wildman–Crippen LogP) is 10.6. The highest BCUT2D eigenvalue weighted by molar-refractivity contribution is 5.57. The van der Waals surface area contributed by atoms with Gasteiger partial charge in [-0.15, -0.1) is 0 Å². The summed E-state index contributed by atoms with van der Waals surface area (Å²) in [7, 11) is 0. The summed E-state index contributed by atoms with van der Waals surface area (Å²) in [5.41, 5.74) is 10.4. The molecule has 0 aliphatic heterocycles. The first-order valence-electron chi connectivity index (χ1n) is 14.5. The Labute approximate surface area is 225 Å². The molecular formula is C37H44. The molecule has 192 valence electrons. The Morgan fingerprint density at radius 2 is 1.78 bits per heavy atom. The van der Waals surface area contributed by atoms with Gasteiger partial charge < -0.3 is 0 Å². The van der Waals surface area contributed by atoms with Gasteiger partial charge in [0.25, 0.3) is 0 Å². The van der Waals surface area contributed by atoms with E-state index in [-0.39, 0.29) is 0 Å². The summed E-state index contributed by atoms with van der Waals surface area (Å²) in [5, 5.41) is 0. The van der Waals surface area contributed by atoms with Crippen LogP contribution in [0.2, 0.25) is 0 Å². The summed E-state index contributed by atoms with van der Waals surface area (Å²) in [4.78, 5) is 0. The van der Waals surface area contributed by atoms with Crippen LogP contribution >= 0.6 is 0 Å². The maximum absolute atomic E-state index is 2.49. The van der Waals surface area contributed by atoms with Crippen LogP contribution in [0.1, 0.15) is 93.0 Å². The topological polar surface area (TPSA) is 0 Å². The van der Waals surface area contributed by atoms with E-state index < -0.39 is 0 Å². The van der Waals surface area contributed by atoms with E-state index in [4.69, 9.17) is 0 Å². The molecule has 0 radical (unpaired) electrons. The van der Waals surface area contributed by atoms with Gasteiger partial charge in [-0.1, -0.05) is 142 Å². The normalized spacial score (nSPS) is 19.2. The first kappa shape index (κ1) is 26.9. The number of allylic oxidation sites excluding steroid dienone is 10. The molecule has 0 saturated heterocycles. The van der Waals surface area contributed by atoms with Crippen molar-refractivity contribution in [2.45, 2.75) is 78.1 Å². The molecule has 0 spiro atoms. The third-order valence-electron chi connectivity index (χ3n) is 7.86. The van der Waals surface area contributed by atoms with Crippen LogP contribution in [0.25, 0.3) is 12.2 Å². The van der Waals surface area contributed by atoms with Crippen molar-refractivity contribution in [1.29, 1.82) is 0 Å². The van der Waals surface area contributed by atoms with Crippen molar-refractivity contribution in [2.75, 3.05) is 0 Å². The Hall–Kier alpha value is -3.12. The van der Waals surface area contributed by atoms with Crippen LogP contribution in [-0.2, 0) is 12.8 Å². The molecule has 0 aromatic heterocycles. The lowest BCUT2D eigenvalue weighted by Gasteiger charge is -2.28. The molecule has 0 heterocycles. The zero-order valence-electron chi connectivity index (χ0n) is 23.1. The van der Waals surface area contributed by atoms with Crippen molar-refractivity contribution >= 4 is 12.2 Å². The van der Waals surface area contributed by atoms with Crippen LogP contribution < -0.4 is 0 Å². The highest BCUT2D eigenvalue weighted by atomic mass is 14.3. The van der Waals surface area contributed by atoms with E-state index in [0.29, 0.717) is 11.8 Å². The minimum absolute atomic E-state index is 0.515. The SMILES string of the molecule is C/C=C\c1ccccc1C/C=C/C=C/c1ccc2c(c1)C(CCCC)C1C=CC=CC1=C(CCCC)C2. The van der Waals surface area contributed by atoms with E-state index >= 15 is 0 Å². The largest absolute Gasteiger partial charge is 0.0871 e. The van der Waals surface area contributed by atoms with Gasteiger partial charge in [-0.05, 0) is 78.3 Å². The van der Waals surface area contributed by atoms with Crippen LogP contribution in [0.4, 0.5) is 0 Å². The van der Waals surface area contributed by atoms with Crippen molar-refractivity contribution < 1.29 is 0 Å². The second kappa shape index (κ2) is 14.0. The molecule has 2 aromatic rings. The van der Waals surface area contributed by atoms with Gasteiger partial charge in [0.2, 0.25) is 0 Å². The van der Waals surface area contributed by atoms with Crippen molar-refractivity contribution in [3.8, 4) is 0 Å². The van der Waals surface area contributed by atoms with Crippen molar-refractivity contribution in [3.63, 3.8) is 0 Å². The Balaban J connectivity index is 1.56. The van der Waals surface area contributed by atoms with Crippen molar-refractivity contribution in [3.05, 3.63) is 130 Å². The van der Waals surface area contributed by atoms with Crippen LogP contribution in [0.3, 0.4) is 0 Å². The molecule has 37 heavy (non-hydrogen) atoms. The lowest BCUT2D eigenvalue weighted by atomic mass is 9.76. The summed E-state index contributed by atoms with van der Waals surface area (Å²) in [6, 6.07) is 15.9. The number of unbranched alkanes of at least 4 members (excludes halogenated alkanes) is 2. The standard InChI is InChI=1S/C37H44/c1-4-7-18-32-28-33-26-25-29(17-10-9-11-19-31-21-13-12-20-30(31)16-6-3)27-37(33)36(22-8-5-2)35-24-15-14-23-34(32)35/h6,9-17,20-21,23-27,35-36H,4-5,7-8,18-19,22,28H2,1-3H3/b11-9+,16-6-,17-10+. The van der Waals surface area contributed by atoms with Gasteiger partial charge in [0.05, 0.1) is 0 Å². The molecule has 0 fully saturated rings. The fourth-order valence-corrected chi connectivity index (χ4v) is 5.90. The number of hydrogen-bond acceptors (Lipinski definition) is 0. The molecule has 0 saturated carbocycles. The Morgan fingerprint density at radius 1 is 0.919 bits per heavy atom. The van der Waals surface area contributed by atoms with Gasteiger partial charge in [0.15, 0.2) is 0 Å². The first-order chi connectivity index (χ1) is 18.2. The quantitative estimate of drug-likeness (QED) is 0.276. The fraction of sp³-hybridized carbons (Fsp3) is 0.351. The number of rotatable bonds is 11. The summed E-state index contributed by atoms with van der Waals surface area (Å²) >= 11 is 0. The van der Waals surface area contributed by atoms with E-state index in [9.17, 15) is 0 Å². The fourth-order valence-electron chi connectivity index (χ4n) is 5.90. The number of fused-ring (bicyclic) bond motifs is 2. The third-order valence-corrected chi connectivity index (χ3v) is 7.86. The van der Waals surface area contributed by atoms with Gasteiger partial charge in [0, 0.05) is 5.92 Å². The minimum atomic E-state index is 0.515. The second-order valence-electron chi connectivity index (χ2n) is 10.5. The Morgan fingerprint density at radius 3 is 2.62 bits per heavy atom. The van der Waals surface area contributed by atoms with Gasteiger partial charge in [0.1, 0.15) is 0 Å². The highest BCUT2D eigenvalue weighted by Gasteiger charge is 2.30. The smallest absolute Gasteiger partial charge is 0.00896 e. The van der Waals surface area contributed by atoms with E-state index in [1.807, 2.05) is 0 Å². The molecule has 0 heteroatoms. The van der Waals surface area contributed by atoms with Crippen LogP contribution in [-0.4, -0.2) is 0 Å². The number of hydrogen-bond donors (Lipinski definition) is 0. The highest BCUT2D eigenvalue weighted by Crippen LogP contribution is 2.44. The van der Waals surface area contributed by atoms with Gasteiger partial charge >= 0.3 is 0 Å². The average Bonchev–Trinajstić information content (AvgIpc) is 3.05. The molecular weight excluding hydrogens is 444 g/mol.